The number of hydrogen-bond acceptors (Lipinski definition) is 4. The number of nitrogens with one attached hydrogen (secondary N) is 1. The van der Waals surface area contributed by atoms with Gasteiger partial charge in [-0.3, -0.25) is 0 Å². The number of nitrogens with zero attached hydrogens (tertiary/aromatic N) is 2. The number of hydrogen-bond donors (Lipinski definition) is 2. The van der Waals surface area contributed by atoms with Crippen molar-refractivity contribution in [1.29, 1.82) is 0 Å². The van der Waals surface area contributed by atoms with Crippen LogP contribution in [0, 0.1) is 6.92 Å². The van der Waals surface area contributed by atoms with E-state index in [-0.39, 0.29) is 11.6 Å². The van der Waals surface area contributed by atoms with Crippen molar-refractivity contribution in [3.05, 3.63) is 41.6 Å². The molecule has 0 aliphatic rings. The molecule has 0 aliphatic heterocycles. The number of carboxylic acid groups (broad SMARTS) is 1. The lowest BCUT2D eigenvalue weighted by atomic mass is 10.1. The first kappa shape index (κ1) is 14.0. The third-order valence-electron chi connectivity index (χ3n) is 2.75. The van der Waals surface area contributed by atoms with E-state index >= 15 is 0 Å². The van der Waals surface area contributed by atoms with E-state index in [9.17, 15) is 4.79 Å². The van der Waals surface area contributed by atoms with Crippen LogP contribution < -0.4 is 5.32 Å². The molecule has 1 aromatic heterocycles. The molecule has 0 spiro atoms. The molecule has 0 aliphatic carbocycles. The summed E-state index contributed by atoms with van der Waals surface area (Å²) in [5.74, 6) is -0.181. The topological polar surface area (TPSA) is 75.1 Å². The minimum atomic E-state index is -1.04. The van der Waals surface area contributed by atoms with Gasteiger partial charge >= 0.3 is 5.97 Å². The van der Waals surface area contributed by atoms with Crippen LogP contribution in [-0.4, -0.2) is 27.1 Å². The Kier molecular flexibility index (Phi) is 3.98. The molecule has 20 heavy (non-hydrogen) atoms. The molecule has 0 saturated carbocycles. The summed E-state index contributed by atoms with van der Waals surface area (Å²) in [5.41, 5.74) is 2.09. The number of carboxylic acids is 1. The Bertz CT molecular complexity index is 622. The molecule has 0 radical (unpaired) electrons. The summed E-state index contributed by atoms with van der Waals surface area (Å²) < 4.78 is 0. The molecule has 0 amide bonds. The third kappa shape index (κ3) is 3.12. The van der Waals surface area contributed by atoms with E-state index in [0.29, 0.717) is 11.6 Å². The van der Waals surface area contributed by atoms with Gasteiger partial charge in [-0.15, -0.1) is 0 Å². The SMILES string of the molecule is Cc1ccc(-c2ncc(C(=O)O)c(NC(C)C)n2)cc1. The maximum Gasteiger partial charge on any atom is 0.341 e. The number of benzene rings is 1. The van der Waals surface area contributed by atoms with Gasteiger partial charge in [0, 0.05) is 17.8 Å². The van der Waals surface area contributed by atoms with Crippen molar-refractivity contribution in [2.24, 2.45) is 0 Å². The fourth-order valence-electron chi connectivity index (χ4n) is 1.76. The van der Waals surface area contributed by atoms with Crippen molar-refractivity contribution in [1.82, 2.24) is 9.97 Å². The zero-order valence-corrected chi connectivity index (χ0v) is 11.7. The van der Waals surface area contributed by atoms with Crippen molar-refractivity contribution in [2.75, 3.05) is 5.32 Å². The van der Waals surface area contributed by atoms with Gasteiger partial charge in [-0.25, -0.2) is 14.8 Å². The molecule has 0 unspecified atom stereocenters. The highest BCUT2D eigenvalue weighted by atomic mass is 16.4. The molecule has 5 nitrogen and oxygen atoms in total. The van der Waals surface area contributed by atoms with Crippen molar-refractivity contribution in [3.63, 3.8) is 0 Å². The van der Waals surface area contributed by atoms with Gasteiger partial charge in [-0.05, 0) is 20.8 Å². The van der Waals surface area contributed by atoms with Crippen LogP contribution in [0.5, 0.6) is 0 Å². The number of carbonyl (C=O) groups is 1. The Hall–Kier alpha value is -2.43. The Labute approximate surface area is 117 Å². The van der Waals surface area contributed by atoms with Gasteiger partial charge in [0.25, 0.3) is 0 Å². The molecule has 0 saturated heterocycles. The Morgan fingerprint density at radius 2 is 1.90 bits per heavy atom. The van der Waals surface area contributed by atoms with Gasteiger partial charge in [0.1, 0.15) is 11.4 Å². The monoisotopic (exact) mass is 271 g/mol. The Morgan fingerprint density at radius 3 is 2.45 bits per heavy atom. The summed E-state index contributed by atoms with van der Waals surface area (Å²) in [6.07, 6.45) is 1.34. The Balaban J connectivity index is 2.45. The fourth-order valence-corrected chi connectivity index (χ4v) is 1.76. The summed E-state index contributed by atoms with van der Waals surface area (Å²) in [6, 6.07) is 7.88. The van der Waals surface area contributed by atoms with Gasteiger partial charge in [0.15, 0.2) is 5.82 Å². The minimum Gasteiger partial charge on any atom is -0.477 e. The normalized spacial score (nSPS) is 10.6. The van der Waals surface area contributed by atoms with Crippen LogP contribution in [-0.2, 0) is 0 Å². The van der Waals surface area contributed by atoms with Crippen LogP contribution in [0.4, 0.5) is 5.82 Å². The molecule has 0 fully saturated rings. The second kappa shape index (κ2) is 5.69. The minimum absolute atomic E-state index is 0.0783. The van der Waals surface area contributed by atoms with E-state index in [1.54, 1.807) is 0 Å². The molecule has 0 atom stereocenters. The van der Waals surface area contributed by atoms with E-state index in [0.717, 1.165) is 11.1 Å². The second-order valence-electron chi connectivity index (χ2n) is 4.93. The van der Waals surface area contributed by atoms with E-state index in [4.69, 9.17) is 5.11 Å². The van der Waals surface area contributed by atoms with Gasteiger partial charge in [0.2, 0.25) is 0 Å². The summed E-state index contributed by atoms with van der Waals surface area (Å²) in [6.45, 7) is 5.86. The summed E-state index contributed by atoms with van der Waals surface area (Å²) in [7, 11) is 0. The van der Waals surface area contributed by atoms with Crippen molar-refractivity contribution in [2.45, 2.75) is 26.8 Å². The van der Waals surface area contributed by atoms with Crippen LogP contribution in [0.1, 0.15) is 29.8 Å². The lowest BCUT2D eigenvalue weighted by molar-refractivity contribution is 0.0697. The molecule has 1 aromatic carbocycles. The van der Waals surface area contributed by atoms with Crippen LogP contribution in [0.15, 0.2) is 30.5 Å². The standard InChI is InChI=1S/C15H17N3O2/c1-9(2)17-14-12(15(19)20)8-16-13(18-14)11-6-4-10(3)5-7-11/h4-9H,1-3H3,(H,19,20)(H,16,17,18). The average Bonchev–Trinajstić information content (AvgIpc) is 2.38. The van der Waals surface area contributed by atoms with E-state index < -0.39 is 5.97 Å². The van der Waals surface area contributed by atoms with Crippen LogP contribution in [0.3, 0.4) is 0 Å². The lowest BCUT2D eigenvalue weighted by Crippen LogP contribution is -2.16. The molecule has 1 heterocycles. The van der Waals surface area contributed by atoms with Gasteiger partial charge in [-0.1, -0.05) is 29.8 Å². The number of aromatic carboxylic acids is 1. The van der Waals surface area contributed by atoms with Gasteiger partial charge in [-0.2, -0.15) is 0 Å². The summed E-state index contributed by atoms with van der Waals surface area (Å²) >= 11 is 0. The van der Waals surface area contributed by atoms with E-state index in [1.807, 2.05) is 45.0 Å². The van der Waals surface area contributed by atoms with Crippen LogP contribution >= 0.6 is 0 Å². The second-order valence-corrected chi connectivity index (χ2v) is 4.93. The summed E-state index contributed by atoms with van der Waals surface area (Å²) in [4.78, 5) is 19.6. The Morgan fingerprint density at radius 1 is 1.25 bits per heavy atom. The van der Waals surface area contributed by atoms with E-state index in [1.165, 1.54) is 6.20 Å². The largest absolute Gasteiger partial charge is 0.477 e. The van der Waals surface area contributed by atoms with Crippen LogP contribution in [0.25, 0.3) is 11.4 Å². The lowest BCUT2D eigenvalue weighted by Gasteiger charge is -2.12. The zero-order chi connectivity index (χ0) is 14.7. The third-order valence-corrected chi connectivity index (χ3v) is 2.75. The number of aryl methyl sites for hydroxylation is 1. The molecule has 2 aromatic rings. The molecule has 5 heteroatoms. The quantitative estimate of drug-likeness (QED) is 0.894. The number of aromatic nitrogens is 2. The molecule has 104 valence electrons. The van der Waals surface area contributed by atoms with Crippen LogP contribution in [0.2, 0.25) is 0 Å². The predicted molar refractivity (Wildman–Crippen MR) is 77.9 cm³/mol. The van der Waals surface area contributed by atoms with Crippen molar-refractivity contribution >= 4 is 11.8 Å². The molecular formula is C15H17N3O2. The first-order valence-corrected chi connectivity index (χ1v) is 6.41. The fraction of sp³-hybridized carbons (Fsp3) is 0.267. The molecule has 2 rings (SSSR count). The predicted octanol–water partition coefficient (Wildman–Crippen LogP) is 2.97. The number of anilines is 1. The van der Waals surface area contributed by atoms with Crippen molar-refractivity contribution in [3.8, 4) is 11.4 Å². The maximum absolute atomic E-state index is 11.2. The highest BCUT2D eigenvalue weighted by Gasteiger charge is 2.15. The maximum atomic E-state index is 11.2. The molecule has 0 bridgehead atoms. The molecular weight excluding hydrogens is 254 g/mol. The summed E-state index contributed by atoms with van der Waals surface area (Å²) in [5, 5.41) is 12.2. The highest BCUT2D eigenvalue weighted by Crippen LogP contribution is 2.20. The average molecular weight is 271 g/mol. The highest BCUT2D eigenvalue weighted by molar-refractivity contribution is 5.93. The van der Waals surface area contributed by atoms with Gasteiger partial charge < -0.3 is 10.4 Å². The van der Waals surface area contributed by atoms with E-state index in [2.05, 4.69) is 15.3 Å². The van der Waals surface area contributed by atoms with Gasteiger partial charge in [0.05, 0.1) is 0 Å². The number of rotatable bonds is 4. The smallest absolute Gasteiger partial charge is 0.341 e. The first-order valence-electron chi connectivity index (χ1n) is 6.41. The van der Waals surface area contributed by atoms with Crippen molar-refractivity contribution < 1.29 is 9.90 Å². The first-order chi connectivity index (χ1) is 9.47. The molecule has 2 N–H and O–H groups in total. The zero-order valence-electron chi connectivity index (χ0n) is 11.7.